The van der Waals surface area contributed by atoms with Crippen molar-refractivity contribution in [1.29, 1.82) is 0 Å². The van der Waals surface area contributed by atoms with Crippen LogP contribution in [-0.2, 0) is 38.1 Å². The highest BCUT2D eigenvalue weighted by molar-refractivity contribution is 5.94. The number of rotatable bonds is 8. The Hall–Kier alpha value is -4.67. The Morgan fingerprint density at radius 2 is 1.55 bits per heavy atom. The summed E-state index contributed by atoms with van der Waals surface area (Å²) in [6.07, 6.45) is -11.5. The lowest BCUT2D eigenvalue weighted by Crippen LogP contribution is -2.81. The summed E-state index contributed by atoms with van der Waals surface area (Å²) in [5.74, 6) is -5.36. The number of ketones is 1. The minimum atomic E-state index is -2.35. The molecule has 2 bridgehead atoms. The van der Waals surface area contributed by atoms with E-state index in [-0.39, 0.29) is 29.7 Å². The number of aliphatic hydroxyl groups is 4. The van der Waals surface area contributed by atoms with E-state index in [0.29, 0.717) is 5.56 Å². The number of nitrogens with one attached hydrogen (secondary N) is 1. The Balaban J connectivity index is 1.49. The van der Waals surface area contributed by atoms with Gasteiger partial charge in [0, 0.05) is 25.2 Å². The monoisotopic (exact) mass is 807 g/mol. The molecule has 1 amide bonds. The van der Waals surface area contributed by atoms with Crippen LogP contribution in [0.5, 0.6) is 0 Å². The Morgan fingerprint density at radius 1 is 0.948 bits per heavy atom. The highest BCUT2D eigenvalue weighted by Crippen LogP contribution is 2.64. The average molecular weight is 808 g/mol. The zero-order valence-corrected chi connectivity index (χ0v) is 33.9. The lowest BCUT2D eigenvalue weighted by atomic mass is 9.44. The number of carbonyl (C=O) groups excluding carboxylic acids is 5. The van der Waals surface area contributed by atoms with E-state index in [0.717, 1.165) is 6.92 Å². The van der Waals surface area contributed by atoms with Gasteiger partial charge < -0.3 is 49.4 Å². The number of esters is 3. The zero-order valence-electron chi connectivity index (χ0n) is 33.9. The number of alkyl carbamates (subject to hydrolysis) is 1. The number of hydrogen-bond acceptors (Lipinski definition) is 14. The van der Waals surface area contributed by atoms with Gasteiger partial charge in [0.25, 0.3) is 0 Å². The van der Waals surface area contributed by atoms with Crippen LogP contribution in [0.4, 0.5) is 4.79 Å². The molecule has 314 valence electrons. The predicted octanol–water partition coefficient (Wildman–Crippen LogP) is 3.26. The summed E-state index contributed by atoms with van der Waals surface area (Å²) < 4.78 is 29.5. The normalized spacial score (nSPS) is 33.7. The van der Waals surface area contributed by atoms with Gasteiger partial charge in [-0.1, -0.05) is 62.4 Å². The maximum atomic E-state index is 14.9. The second kappa shape index (κ2) is 15.2. The molecule has 2 saturated carbocycles. The minimum Gasteiger partial charge on any atom is -0.456 e. The fraction of sp³-hybridized carbons (Fsp3) is 0.558. The Labute approximate surface area is 336 Å². The molecule has 5 N–H and O–H groups in total. The van der Waals surface area contributed by atoms with Crippen LogP contribution in [0.2, 0.25) is 0 Å². The maximum Gasteiger partial charge on any atom is 0.408 e. The van der Waals surface area contributed by atoms with E-state index < -0.39 is 112 Å². The third-order valence-electron chi connectivity index (χ3n) is 12.6. The van der Waals surface area contributed by atoms with Gasteiger partial charge in [0.2, 0.25) is 0 Å². The molecule has 0 spiro atoms. The number of ether oxygens (including phenoxy) is 5. The van der Waals surface area contributed by atoms with E-state index >= 15 is 0 Å². The number of carbonyl (C=O) groups is 5. The standard InChI is InChI=1S/C43H53NO14/c1-22-26(55-37(51)32(48)30(24-15-11-9-12-16-24)44-38(52)58-39(3,4)5)20-43(53)35(56-36(50)25-17-13-10-14-18-25)33-41(8,34(49)31(47)29(22)40(43,6)7)27(46)19-28-42(33,21-54-28)57-23(2)45/h9-18,26-28,30-33,35,46-48,53H,19-21H2,1-8H3,(H,44,52)/t26?,27-,28-,30-,31+,32-,33+,35+,41-,42-,43-/m1/s1. The smallest absolute Gasteiger partial charge is 0.408 e. The second-order valence-electron chi connectivity index (χ2n) is 17.6. The fourth-order valence-corrected chi connectivity index (χ4v) is 9.56. The third kappa shape index (κ3) is 7.10. The quantitative estimate of drug-likeness (QED) is 0.147. The fourth-order valence-electron chi connectivity index (χ4n) is 9.56. The van der Waals surface area contributed by atoms with E-state index in [1.54, 1.807) is 83.1 Å². The van der Waals surface area contributed by atoms with Gasteiger partial charge in [-0.25, -0.2) is 14.4 Å². The first kappa shape index (κ1) is 42.9. The molecule has 58 heavy (non-hydrogen) atoms. The first-order valence-electron chi connectivity index (χ1n) is 19.3. The first-order valence-corrected chi connectivity index (χ1v) is 19.3. The predicted molar refractivity (Wildman–Crippen MR) is 204 cm³/mol. The highest BCUT2D eigenvalue weighted by atomic mass is 16.6. The molecule has 15 heteroatoms. The number of fused-ring (bicyclic) bond motifs is 5. The van der Waals surface area contributed by atoms with Gasteiger partial charge >= 0.3 is 24.0 Å². The van der Waals surface area contributed by atoms with E-state index in [9.17, 15) is 44.4 Å². The van der Waals surface area contributed by atoms with Gasteiger partial charge in [0.05, 0.1) is 35.6 Å². The lowest BCUT2D eigenvalue weighted by molar-refractivity contribution is -0.346. The summed E-state index contributed by atoms with van der Waals surface area (Å²) in [6.45, 7) is 11.8. The van der Waals surface area contributed by atoms with Crippen molar-refractivity contribution in [1.82, 2.24) is 5.32 Å². The van der Waals surface area contributed by atoms with Crippen LogP contribution in [0.25, 0.3) is 0 Å². The van der Waals surface area contributed by atoms with Crippen molar-refractivity contribution in [3.05, 3.63) is 82.9 Å². The molecule has 1 aliphatic heterocycles. The summed E-state index contributed by atoms with van der Waals surface area (Å²) in [5.41, 5.74) is -8.14. The van der Waals surface area contributed by atoms with Gasteiger partial charge in [0.15, 0.2) is 17.5 Å². The molecule has 11 atom stereocenters. The molecule has 2 aromatic carbocycles. The van der Waals surface area contributed by atoms with Crippen LogP contribution >= 0.6 is 0 Å². The Morgan fingerprint density at radius 3 is 2.10 bits per heavy atom. The molecule has 0 radical (unpaired) electrons. The number of Topliss-reactive ketones (excluding diaryl/α,β-unsaturated/α-hetero) is 1. The lowest BCUT2D eigenvalue weighted by Gasteiger charge is -2.67. The molecule has 3 fully saturated rings. The van der Waals surface area contributed by atoms with Crippen molar-refractivity contribution in [2.24, 2.45) is 16.7 Å². The molecular weight excluding hydrogens is 754 g/mol. The van der Waals surface area contributed by atoms with Crippen molar-refractivity contribution in [2.45, 2.75) is 128 Å². The van der Waals surface area contributed by atoms with Crippen molar-refractivity contribution >= 4 is 29.8 Å². The molecule has 1 unspecified atom stereocenters. The summed E-state index contributed by atoms with van der Waals surface area (Å²) in [4.78, 5) is 68.9. The van der Waals surface area contributed by atoms with Crippen LogP contribution in [0, 0.1) is 16.7 Å². The highest BCUT2D eigenvalue weighted by Gasteiger charge is 2.78. The van der Waals surface area contributed by atoms with Crippen molar-refractivity contribution < 1.29 is 68.1 Å². The van der Waals surface area contributed by atoms with Crippen LogP contribution in [-0.4, -0.2) is 110 Å². The van der Waals surface area contributed by atoms with E-state index in [1.165, 1.54) is 26.0 Å². The van der Waals surface area contributed by atoms with Crippen LogP contribution in [0.15, 0.2) is 71.8 Å². The van der Waals surface area contributed by atoms with Crippen LogP contribution in [0.1, 0.15) is 90.2 Å². The molecule has 15 nitrogen and oxygen atoms in total. The van der Waals surface area contributed by atoms with Crippen LogP contribution < -0.4 is 5.32 Å². The molecule has 6 rings (SSSR count). The largest absolute Gasteiger partial charge is 0.456 e. The summed E-state index contributed by atoms with van der Waals surface area (Å²) in [7, 11) is 0. The van der Waals surface area contributed by atoms with Gasteiger partial charge in [0.1, 0.15) is 35.6 Å². The van der Waals surface area contributed by atoms with Gasteiger partial charge in [-0.05, 0) is 63.5 Å². The van der Waals surface area contributed by atoms with Crippen molar-refractivity contribution in [3.63, 3.8) is 0 Å². The minimum absolute atomic E-state index is 0.0637. The van der Waals surface area contributed by atoms with E-state index in [2.05, 4.69) is 5.32 Å². The summed E-state index contributed by atoms with van der Waals surface area (Å²) >= 11 is 0. The Kier molecular flexibility index (Phi) is 11.2. The second-order valence-corrected chi connectivity index (χ2v) is 17.6. The number of aliphatic hydroxyl groups excluding tert-OH is 3. The third-order valence-corrected chi connectivity index (χ3v) is 12.6. The first-order chi connectivity index (χ1) is 27.0. The molecular formula is C43H53NO14. The zero-order chi connectivity index (χ0) is 42.7. The topological polar surface area (TPSA) is 224 Å². The summed E-state index contributed by atoms with van der Waals surface area (Å²) in [6, 6.07) is 14.6. The van der Waals surface area contributed by atoms with Crippen molar-refractivity contribution in [3.8, 4) is 0 Å². The number of hydrogen-bond donors (Lipinski definition) is 5. The van der Waals surface area contributed by atoms with Gasteiger partial charge in [-0.15, -0.1) is 0 Å². The molecule has 2 aromatic rings. The Bertz CT molecular complexity index is 1980. The molecule has 3 aliphatic carbocycles. The molecule has 1 heterocycles. The molecule has 1 saturated heterocycles. The number of amides is 1. The summed E-state index contributed by atoms with van der Waals surface area (Å²) in [5, 5.41) is 51.6. The number of benzene rings is 2. The van der Waals surface area contributed by atoms with E-state index in [1.807, 2.05) is 0 Å². The molecule has 4 aliphatic rings. The van der Waals surface area contributed by atoms with Crippen LogP contribution in [0.3, 0.4) is 0 Å². The van der Waals surface area contributed by atoms with E-state index in [4.69, 9.17) is 23.7 Å². The molecule has 0 aromatic heterocycles. The maximum absolute atomic E-state index is 14.9. The van der Waals surface area contributed by atoms with Gasteiger partial charge in [-0.2, -0.15) is 0 Å². The van der Waals surface area contributed by atoms with Gasteiger partial charge in [-0.3, -0.25) is 9.59 Å². The average Bonchev–Trinajstić information content (AvgIpc) is 3.14. The van der Waals surface area contributed by atoms with Crippen molar-refractivity contribution in [2.75, 3.05) is 6.61 Å². The SMILES string of the molecule is CC(=O)O[C@]12CO[C@@H]1C[C@@H](O)[C@@]1(C)C(=O)[C@@H](O)C3=C(C)C(OC(=O)[C@H](O)[C@H](NC(=O)OC(C)(C)C)c4ccccc4)C[C@@](O)([C@@H](OC(=O)c4ccccc4)[C@H]21)C3(C)C.